The number of hydrogen-bond acceptors (Lipinski definition) is 5. The number of carbonyl (C=O) groups excluding carboxylic acids is 2. The molecule has 1 aromatic carbocycles. The smallest absolute Gasteiger partial charge is 0.248 e. The van der Waals surface area contributed by atoms with E-state index in [2.05, 4.69) is 20.8 Å². The molecule has 1 aliphatic heterocycles. The van der Waals surface area contributed by atoms with Crippen molar-refractivity contribution in [3.63, 3.8) is 0 Å². The van der Waals surface area contributed by atoms with Crippen molar-refractivity contribution in [3.05, 3.63) is 65.5 Å². The summed E-state index contributed by atoms with van der Waals surface area (Å²) in [5.74, 6) is -0.738. The zero-order chi connectivity index (χ0) is 14.7. The maximum absolute atomic E-state index is 11.9. The monoisotopic (exact) mass is 278 g/mol. The standard InChI is InChI=1S/C15H10N4O2/c20-12-8-7-11-14(18-19-17-11)15(12)16-13(21)9-6-10-4-2-1-3-5-10/h1-9H,(H,16,21). The summed E-state index contributed by atoms with van der Waals surface area (Å²) in [4.78, 5) is 23.7. The van der Waals surface area contributed by atoms with Crippen molar-refractivity contribution in [3.8, 4) is 0 Å². The van der Waals surface area contributed by atoms with Crippen molar-refractivity contribution in [2.45, 2.75) is 0 Å². The first-order valence-corrected chi connectivity index (χ1v) is 6.24. The van der Waals surface area contributed by atoms with Gasteiger partial charge < -0.3 is 5.32 Å². The van der Waals surface area contributed by atoms with E-state index in [1.165, 1.54) is 18.2 Å². The number of ketones is 1. The van der Waals surface area contributed by atoms with E-state index in [9.17, 15) is 9.59 Å². The van der Waals surface area contributed by atoms with Crippen LogP contribution in [0.5, 0.6) is 0 Å². The molecule has 0 saturated carbocycles. The maximum atomic E-state index is 11.9. The largest absolute Gasteiger partial charge is 0.317 e. The van der Waals surface area contributed by atoms with Gasteiger partial charge in [-0.15, -0.1) is 10.2 Å². The summed E-state index contributed by atoms with van der Waals surface area (Å²) in [5.41, 5.74) is 1.75. The maximum Gasteiger partial charge on any atom is 0.248 e. The number of fused-ring (bicyclic) bond motifs is 1. The van der Waals surface area contributed by atoms with Crippen LogP contribution < -0.4 is 5.32 Å². The van der Waals surface area contributed by atoms with E-state index in [1.807, 2.05) is 30.3 Å². The Morgan fingerprint density at radius 2 is 1.95 bits per heavy atom. The fourth-order valence-corrected chi connectivity index (χ4v) is 1.88. The van der Waals surface area contributed by atoms with Gasteiger partial charge in [0.15, 0.2) is 0 Å². The van der Waals surface area contributed by atoms with Gasteiger partial charge in [0.1, 0.15) is 17.1 Å². The third-order valence-electron chi connectivity index (χ3n) is 2.89. The molecule has 0 saturated heterocycles. The fourth-order valence-electron chi connectivity index (χ4n) is 1.88. The lowest BCUT2D eigenvalue weighted by Gasteiger charge is -2.10. The number of allylic oxidation sites excluding steroid dienone is 2. The minimum atomic E-state index is -0.411. The Hall–Kier alpha value is -3.15. The second kappa shape index (κ2) is 5.46. The first-order chi connectivity index (χ1) is 10.2. The summed E-state index contributed by atoms with van der Waals surface area (Å²) >= 11 is 0. The van der Waals surface area contributed by atoms with E-state index in [0.717, 1.165) is 5.56 Å². The summed E-state index contributed by atoms with van der Waals surface area (Å²) in [7, 11) is 0. The Balaban J connectivity index is 1.76. The lowest BCUT2D eigenvalue weighted by molar-refractivity contribution is -0.118. The molecule has 6 nitrogen and oxygen atoms in total. The molecule has 0 bridgehead atoms. The van der Waals surface area contributed by atoms with Crippen LogP contribution in [0.1, 0.15) is 5.56 Å². The molecular weight excluding hydrogens is 268 g/mol. The van der Waals surface area contributed by atoms with Crippen LogP contribution in [0.3, 0.4) is 0 Å². The Bertz CT molecular complexity index is 755. The van der Waals surface area contributed by atoms with Crippen LogP contribution >= 0.6 is 0 Å². The molecule has 0 spiro atoms. The number of rotatable bonds is 3. The average molecular weight is 278 g/mol. The van der Waals surface area contributed by atoms with Crippen molar-refractivity contribution in [2.24, 2.45) is 15.4 Å². The van der Waals surface area contributed by atoms with Crippen LogP contribution in [0, 0.1) is 0 Å². The highest BCUT2D eigenvalue weighted by molar-refractivity contribution is 6.23. The number of nitrogens with one attached hydrogen (secondary N) is 1. The van der Waals surface area contributed by atoms with E-state index in [-0.39, 0.29) is 11.5 Å². The molecule has 0 aromatic heterocycles. The van der Waals surface area contributed by atoms with Crippen molar-refractivity contribution in [1.82, 2.24) is 5.32 Å². The quantitative estimate of drug-likeness (QED) is 0.677. The van der Waals surface area contributed by atoms with Gasteiger partial charge in [-0.3, -0.25) is 9.59 Å². The summed E-state index contributed by atoms with van der Waals surface area (Å²) < 4.78 is 0. The molecule has 1 heterocycles. The molecule has 102 valence electrons. The number of amides is 1. The molecule has 6 heteroatoms. The van der Waals surface area contributed by atoms with E-state index >= 15 is 0 Å². The highest BCUT2D eigenvalue weighted by Gasteiger charge is 2.25. The van der Waals surface area contributed by atoms with Crippen LogP contribution in [0.2, 0.25) is 0 Å². The highest BCUT2D eigenvalue weighted by Crippen LogP contribution is 2.19. The van der Waals surface area contributed by atoms with Gasteiger partial charge in [-0.2, -0.15) is 0 Å². The van der Waals surface area contributed by atoms with E-state index in [1.54, 1.807) is 6.08 Å². The molecule has 0 atom stereocenters. The molecule has 2 aliphatic rings. The van der Waals surface area contributed by atoms with Crippen LogP contribution in [-0.4, -0.2) is 17.4 Å². The van der Waals surface area contributed by atoms with Gasteiger partial charge in [0.2, 0.25) is 11.7 Å². The lowest BCUT2D eigenvalue weighted by Crippen LogP contribution is -2.29. The molecule has 1 aromatic rings. The van der Waals surface area contributed by atoms with Crippen LogP contribution in [-0.2, 0) is 9.59 Å². The van der Waals surface area contributed by atoms with Crippen LogP contribution in [0.25, 0.3) is 6.08 Å². The topological polar surface area (TPSA) is 83.2 Å². The number of benzene rings is 1. The van der Waals surface area contributed by atoms with Gasteiger partial charge in [-0.1, -0.05) is 30.3 Å². The number of nitrogens with zero attached hydrogens (tertiary/aromatic N) is 3. The van der Waals surface area contributed by atoms with Gasteiger partial charge in [-0.05, 0) is 29.0 Å². The Kier molecular flexibility index (Phi) is 3.34. The van der Waals surface area contributed by atoms with E-state index in [4.69, 9.17) is 0 Å². The van der Waals surface area contributed by atoms with Gasteiger partial charge in [0, 0.05) is 6.08 Å². The summed E-state index contributed by atoms with van der Waals surface area (Å²) in [6.45, 7) is 0. The third-order valence-corrected chi connectivity index (χ3v) is 2.89. The zero-order valence-electron chi connectivity index (χ0n) is 10.9. The molecule has 21 heavy (non-hydrogen) atoms. The predicted molar refractivity (Wildman–Crippen MR) is 77.1 cm³/mol. The first-order valence-electron chi connectivity index (χ1n) is 6.24. The molecule has 3 rings (SSSR count). The van der Waals surface area contributed by atoms with Crippen LogP contribution in [0.4, 0.5) is 0 Å². The zero-order valence-corrected chi connectivity index (χ0v) is 10.9. The van der Waals surface area contributed by atoms with E-state index < -0.39 is 5.91 Å². The minimum Gasteiger partial charge on any atom is -0.317 e. The van der Waals surface area contributed by atoms with Crippen molar-refractivity contribution >= 4 is 23.5 Å². The Labute approximate surface area is 120 Å². The summed E-state index contributed by atoms with van der Waals surface area (Å²) in [6.07, 6.45) is 5.87. The minimum absolute atomic E-state index is 0.0974. The normalized spacial score (nSPS) is 16.4. The van der Waals surface area contributed by atoms with Gasteiger partial charge >= 0.3 is 0 Å². The van der Waals surface area contributed by atoms with Gasteiger partial charge in [0.25, 0.3) is 0 Å². The molecule has 1 amide bonds. The molecule has 1 N–H and O–H groups in total. The fraction of sp³-hybridized carbons (Fsp3) is 0. The molecule has 0 radical (unpaired) electrons. The molecule has 1 aliphatic carbocycles. The molecular formula is C15H10N4O2. The third kappa shape index (κ3) is 2.74. The average Bonchev–Trinajstić information content (AvgIpc) is 2.98. The Morgan fingerprint density at radius 3 is 2.76 bits per heavy atom. The van der Waals surface area contributed by atoms with Crippen molar-refractivity contribution < 1.29 is 9.59 Å². The molecule has 0 unspecified atom stereocenters. The van der Waals surface area contributed by atoms with Crippen LogP contribution in [0.15, 0.2) is 75.4 Å². The first kappa shape index (κ1) is 12.9. The summed E-state index contributed by atoms with van der Waals surface area (Å²) in [6, 6.07) is 9.38. The van der Waals surface area contributed by atoms with Gasteiger partial charge in [0.05, 0.1) is 0 Å². The number of hydrogen-bond donors (Lipinski definition) is 1. The number of carbonyl (C=O) groups is 2. The Morgan fingerprint density at radius 1 is 1.14 bits per heavy atom. The predicted octanol–water partition coefficient (Wildman–Crippen LogP) is 1.99. The SMILES string of the molecule is O=C(C=Cc1ccccc1)NC1=C2N=NN=C2C=CC1=O. The van der Waals surface area contributed by atoms with Crippen molar-refractivity contribution in [2.75, 3.05) is 0 Å². The lowest BCUT2D eigenvalue weighted by atomic mass is 10.1. The highest BCUT2D eigenvalue weighted by atomic mass is 16.2. The molecule has 0 fully saturated rings. The van der Waals surface area contributed by atoms with E-state index in [0.29, 0.717) is 11.4 Å². The second-order valence-electron chi connectivity index (χ2n) is 4.33. The summed E-state index contributed by atoms with van der Waals surface area (Å²) in [5, 5.41) is 13.5. The van der Waals surface area contributed by atoms with Crippen molar-refractivity contribution in [1.29, 1.82) is 0 Å². The van der Waals surface area contributed by atoms with Gasteiger partial charge in [-0.25, -0.2) is 0 Å². The second-order valence-corrected chi connectivity index (χ2v) is 4.33.